The van der Waals surface area contributed by atoms with Gasteiger partial charge in [0.2, 0.25) is 5.91 Å². The van der Waals surface area contributed by atoms with E-state index in [2.05, 4.69) is 43.4 Å². The molecule has 0 fully saturated rings. The van der Waals surface area contributed by atoms with Crippen molar-refractivity contribution in [3.05, 3.63) is 64.7 Å². The third-order valence-corrected chi connectivity index (χ3v) is 3.99. The van der Waals surface area contributed by atoms with E-state index in [9.17, 15) is 4.79 Å². The van der Waals surface area contributed by atoms with Crippen LogP contribution in [0.1, 0.15) is 30.9 Å². The summed E-state index contributed by atoms with van der Waals surface area (Å²) in [6.07, 6.45) is 0. The molecule has 122 valence electrons. The van der Waals surface area contributed by atoms with E-state index in [4.69, 9.17) is 11.6 Å². The summed E-state index contributed by atoms with van der Waals surface area (Å²) < 4.78 is 0. The lowest BCUT2D eigenvalue weighted by Crippen LogP contribution is -2.29. The zero-order valence-corrected chi connectivity index (χ0v) is 14.6. The molecule has 0 aliphatic rings. The molecule has 0 unspecified atom stereocenters. The zero-order valence-electron chi connectivity index (χ0n) is 13.8. The van der Waals surface area contributed by atoms with E-state index >= 15 is 0 Å². The van der Waals surface area contributed by atoms with Crippen molar-refractivity contribution >= 4 is 23.2 Å². The molecule has 0 aliphatic carbocycles. The molecule has 4 heteroatoms. The lowest BCUT2D eigenvalue weighted by molar-refractivity contribution is -0.117. The maximum absolute atomic E-state index is 12.1. The molecule has 0 saturated carbocycles. The minimum absolute atomic E-state index is 0.0700. The van der Waals surface area contributed by atoms with Gasteiger partial charge in [-0.25, -0.2) is 0 Å². The molecule has 2 aromatic carbocycles. The molecule has 1 amide bonds. The first-order chi connectivity index (χ1) is 11.0. The Bertz CT molecular complexity index is 653. The largest absolute Gasteiger partial charge is 0.324 e. The highest BCUT2D eigenvalue weighted by molar-refractivity contribution is 6.33. The van der Waals surface area contributed by atoms with Crippen molar-refractivity contribution in [1.29, 1.82) is 0 Å². The maximum atomic E-state index is 12.1. The normalized spacial score (nSPS) is 11.0. The number of carbonyl (C=O) groups excluding carboxylic acids is 1. The van der Waals surface area contributed by atoms with Crippen LogP contribution in [0.5, 0.6) is 0 Å². The average Bonchev–Trinajstić information content (AvgIpc) is 2.50. The molecule has 0 spiro atoms. The molecule has 0 atom stereocenters. The van der Waals surface area contributed by atoms with Crippen molar-refractivity contribution in [3.63, 3.8) is 0 Å². The summed E-state index contributed by atoms with van der Waals surface area (Å²) in [6, 6.07) is 15.8. The second kappa shape index (κ2) is 8.14. The van der Waals surface area contributed by atoms with E-state index < -0.39 is 0 Å². The Hall–Kier alpha value is -1.84. The van der Waals surface area contributed by atoms with Crippen LogP contribution >= 0.6 is 11.6 Å². The first-order valence-corrected chi connectivity index (χ1v) is 8.15. The number of anilines is 1. The van der Waals surface area contributed by atoms with Gasteiger partial charge < -0.3 is 5.32 Å². The number of halogens is 1. The lowest BCUT2D eigenvalue weighted by atomic mass is 10.0. The first kappa shape index (κ1) is 17.5. The van der Waals surface area contributed by atoms with Crippen LogP contribution < -0.4 is 5.32 Å². The standard InChI is InChI=1S/C19H23ClN2O/c1-14(2)16-10-8-15(9-11-16)12-22(3)13-19(23)21-18-7-5-4-6-17(18)20/h4-11,14H,12-13H2,1-3H3,(H,21,23). The fourth-order valence-electron chi connectivity index (χ4n) is 2.37. The molecule has 1 N–H and O–H groups in total. The van der Waals surface area contributed by atoms with Gasteiger partial charge in [-0.1, -0.05) is 61.8 Å². The fraction of sp³-hybridized carbons (Fsp3) is 0.316. The van der Waals surface area contributed by atoms with Crippen LogP contribution in [0.4, 0.5) is 5.69 Å². The highest BCUT2D eigenvalue weighted by atomic mass is 35.5. The summed E-state index contributed by atoms with van der Waals surface area (Å²) in [4.78, 5) is 14.1. The fourth-order valence-corrected chi connectivity index (χ4v) is 2.56. The lowest BCUT2D eigenvalue weighted by Gasteiger charge is -2.17. The van der Waals surface area contributed by atoms with E-state index in [1.54, 1.807) is 12.1 Å². The van der Waals surface area contributed by atoms with Crippen LogP contribution in [0.3, 0.4) is 0 Å². The minimum atomic E-state index is -0.0700. The van der Waals surface area contributed by atoms with Crippen LogP contribution in [-0.2, 0) is 11.3 Å². The first-order valence-electron chi connectivity index (χ1n) is 7.77. The molecule has 3 nitrogen and oxygen atoms in total. The maximum Gasteiger partial charge on any atom is 0.238 e. The molecule has 2 rings (SSSR count). The second-order valence-corrected chi connectivity index (χ2v) is 6.50. The predicted molar refractivity (Wildman–Crippen MR) is 96.9 cm³/mol. The molecule has 0 aromatic heterocycles. The predicted octanol–water partition coefficient (Wildman–Crippen LogP) is 4.53. The molecule has 0 aliphatic heterocycles. The van der Waals surface area contributed by atoms with Crippen LogP contribution in [0, 0.1) is 0 Å². The Labute approximate surface area is 143 Å². The molecular formula is C19H23ClN2O. The van der Waals surface area contributed by atoms with E-state index in [1.807, 2.05) is 24.1 Å². The van der Waals surface area contributed by atoms with Gasteiger partial charge in [0.1, 0.15) is 0 Å². The molecule has 0 saturated heterocycles. The van der Waals surface area contributed by atoms with Gasteiger partial charge in [-0.05, 0) is 36.2 Å². The van der Waals surface area contributed by atoms with E-state index in [0.717, 1.165) is 6.54 Å². The Morgan fingerprint density at radius 2 is 1.78 bits per heavy atom. The van der Waals surface area contributed by atoms with Gasteiger partial charge >= 0.3 is 0 Å². The van der Waals surface area contributed by atoms with E-state index in [-0.39, 0.29) is 5.91 Å². The topological polar surface area (TPSA) is 32.3 Å². The van der Waals surface area contributed by atoms with Gasteiger partial charge in [-0.15, -0.1) is 0 Å². The summed E-state index contributed by atoms with van der Waals surface area (Å²) in [5, 5.41) is 3.39. The zero-order chi connectivity index (χ0) is 16.8. The van der Waals surface area contributed by atoms with Crippen molar-refractivity contribution in [3.8, 4) is 0 Å². The van der Waals surface area contributed by atoms with Gasteiger partial charge in [0.05, 0.1) is 17.3 Å². The highest BCUT2D eigenvalue weighted by Gasteiger charge is 2.09. The Morgan fingerprint density at radius 1 is 1.13 bits per heavy atom. The number of carbonyl (C=O) groups is 1. The number of nitrogens with one attached hydrogen (secondary N) is 1. The van der Waals surface area contributed by atoms with Crippen LogP contribution in [0.15, 0.2) is 48.5 Å². The number of rotatable bonds is 6. The van der Waals surface area contributed by atoms with Gasteiger partial charge in [-0.2, -0.15) is 0 Å². The number of hydrogen-bond acceptors (Lipinski definition) is 2. The molecular weight excluding hydrogens is 308 g/mol. The highest BCUT2D eigenvalue weighted by Crippen LogP contribution is 2.20. The number of nitrogens with zero attached hydrogens (tertiary/aromatic N) is 1. The third-order valence-electron chi connectivity index (χ3n) is 3.66. The van der Waals surface area contributed by atoms with Crippen molar-refractivity contribution in [2.24, 2.45) is 0 Å². The molecule has 0 heterocycles. The number of para-hydroxylation sites is 1. The molecule has 2 aromatic rings. The second-order valence-electron chi connectivity index (χ2n) is 6.10. The summed E-state index contributed by atoms with van der Waals surface area (Å²) in [5.74, 6) is 0.461. The SMILES string of the molecule is CC(C)c1ccc(CN(C)CC(=O)Nc2ccccc2Cl)cc1. The molecule has 0 radical (unpaired) electrons. The van der Waals surface area contributed by atoms with Crippen molar-refractivity contribution < 1.29 is 4.79 Å². The van der Waals surface area contributed by atoms with Gasteiger partial charge in [0.25, 0.3) is 0 Å². The summed E-state index contributed by atoms with van der Waals surface area (Å²) in [6.45, 7) is 5.41. The number of likely N-dealkylation sites (N-methyl/N-ethyl adjacent to an activating group) is 1. The molecule has 23 heavy (non-hydrogen) atoms. The number of hydrogen-bond donors (Lipinski definition) is 1. The Morgan fingerprint density at radius 3 is 2.39 bits per heavy atom. The van der Waals surface area contributed by atoms with Crippen LogP contribution in [-0.4, -0.2) is 24.4 Å². The van der Waals surface area contributed by atoms with Gasteiger partial charge in [0.15, 0.2) is 0 Å². The summed E-state index contributed by atoms with van der Waals surface area (Å²) >= 11 is 6.05. The number of benzene rings is 2. The van der Waals surface area contributed by atoms with Crippen molar-refractivity contribution in [1.82, 2.24) is 4.90 Å². The smallest absolute Gasteiger partial charge is 0.238 e. The van der Waals surface area contributed by atoms with E-state index in [1.165, 1.54) is 11.1 Å². The number of amides is 1. The average molecular weight is 331 g/mol. The van der Waals surface area contributed by atoms with Gasteiger partial charge in [-0.3, -0.25) is 9.69 Å². The van der Waals surface area contributed by atoms with Crippen LogP contribution in [0.2, 0.25) is 5.02 Å². The minimum Gasteiger partial charge on any atom is -0.324 e. The molecule has 0 bridgehead atoms. The summed E-state index contributed by atoms with van der Waals surface area (Å²) in [5.41, 5.74) is 3.17. The Balaban J connectivity index is 1.87. The Kier molecular flexibility index (Phi) is 6.20. The van der Waals surface area contributed by atoms with Gasteiger partial charge in [0, 0.05) is 6.54 Å². The van der Waals surface area contributed by atoms with Crippen molar-refractivity contribution in [2.75, 3.05) is 18.9 Å². The monoisotopic (exact) mass is 330 g/mol. The quantitative estimate of drug-likeness (QED) is 0.843. The van der Waals surface area contributed by atoms with E-state index in [0.29, 0.717) is 23.2 Å². The summed E-state index contributed by atoms with van der Waals surface area (Å²) in [7, 11) is 1.93. The van der Waals surface area contributed by atoms with Crippen molar-refractivity contribution in [2.45, 2.75) is 26.3 Å². The third kappa shape index (κ3) is 5.38. The van der Waals surface area contributed by atoms with Crippen LogP contribution in [0.25, 0.3) is 0 Å².